The first-order chi connectivity index (χ1) is 12.3. The van der Waals surface area contributed by atoms with Crippen molar-refractivity contribution in [1.82, 2.24) is 0 Å². The monoisotopic (exact) mass is 352 g/mol. The summed E-state index contributed by atoms with van der Waals surface area (Å²) in [4.78, 5) is 12.7. The van der Waals surface area contributed by atoms with Crippen LogP contribution in [0.2, 0.25) is 0 Å². The molecule has 0 heterocycles. The molecule has 26 heavy (non-hydrogen) atoms. The number of rotatable bonds is 7. The molecule has 2 rings (SSSR count). The molecule has 0 aliphatic heterocycles. The van der Waals surface area contributed by atoms with Crippen molar-refractivity contribution in [1.29, 1.82) is 0 Å². The molecule has 0 spiro atoms. The van der Waals surface area contributed by atoms with Crippen molar-refractivity contribution in [3.63, 3.8) is 0 Å². The summed E-state index contributed by atoms with van der Waals surface area (Å²) >= 11 is 0. The Labute approximate surface area is 156 Å². The summed E-state index contributed by atoms with van der Waals surface area (Å²) in [5.74, 6) is -1.09. The van der Waals surface area contributed by atoms with Crippen molar-refractivity contribution < 1.29 is 14.6 Å². The number of esters is 1. The van der Waals surface area contributed by atoms with Gasteiger partial charge in [-0.15, -0.1) is 0 Å². The largest absolute Gasteiger partial charge is 0.461 e. The average molecular weight is 352 g/mol. The van der Waals surface area contributed by atoms with E-state index in [0.717, 1.165) is 16.7 Å². The van der Waals surface area contributed by atoms with Crippen molar-refractivity contribution in [2.45, 2.75) is 33.3 Å². The smallest absolute Gasteiger partial charge is 0.312 e. The van der Waals surface area contributed by atoms with Gasteiger partial charge in [0.1, 0.15) is 12.2 Å². The van der Waals surface area contributed by atoms with Crippen LogP contribution >= 0.6 is 0 Å². The molecular weight excluding hydrogens is 324 g/mol. The van der Waals surface area contributed by atoms with E-state index < -0.39 is 11.5 Å². The highest BCUT2D eigenvalue weighted by molar-refractivity contribution is 5.74. The summed E-state index contributed by atoms with van der Waals surface area (Å²) in [5.41, 5.74) is 1.59. The summed E-state index contributed by atoms with van der Waals surface area (Å²) in [7, 11) is 0. The van der Waals surface area contributed by atoms with E-state index in [9.17, 15) is 9.90 Å². The number of hydrogen-bond donors (Lipinski definition) is 1. The Kier molecular flexibility index (Phi) is 6.76. The van der Waals surface area contributed by atoms with E-state index in [4.69, 9.17) is 4.74 Å². The number of carbonyl (C=O) groups is 1. The molecular formula is C23H28O3. The van der Waals surface area contributed by atoms with Crippen molar-refractivity contribution in [2.24, 2.45) is 11.8 Å². The lowest BCUT2D eigenvalue weighted by atomic mass is 9.76. The second kappa shape index (κ2) is 8.81. The van der Waals surface area contributed by atoms with Gasteiger partial charge in [-0.3, -0.25) is 4.79 Å². The number of ether oxygens (including phenoxy) is 1. The molecule has 0 radical (unpaired) electrons. The van der Waals surface area contributed by atoms with Gasteiger partial charge < -0.3 is 9.84 Å². The third-order valence-corrected chi connectivity index (χ3v) is 4.59. The first-order valence-corrected chi connectivity index (χ1v) is 9.00. The molecule has 0 saturated carbocycles. The third-order valence-electron chi connectivity index (χ3n) is 4.59. The van der Waals surface area contributed by atoms with Gasteiger partial charge >= 0.3 is 5.97 Å². The predicted molar refractivity (Wildman–Crippen MR) is 106 cm³/mol. The fourth-order valence-electron chi connectivity index (χ4n) is 3.19. The van der Waals surface area contributed by atoms with E-state index in [2.05, 4.69) is 0 Å². The van der Waals surface area contributed by atoms with E-state index in [1.807, 2.05) is 87.5 Å². The minimum atomic E-state index is -1.29. The zero-order valence-corrected chi connectivity index (χ0v) is 16.0. The van der Waals surface area contributed by atoms with Crippen LogP contribution in [0.15, 0.2) is 60.7 Å². The molecule has 0 aliphatic carbocycles. The van der Waals surface area contributed by atoms with E-state index in [-0.39, 0.29) is 18.5 Å². The number of benzene rings is 2. The Bertz CT molecular complexity index is 728. The molecule has 2 unspecified atom stereocenters. The highest BCUT2D eigenvalue weighted by Crippen LogP contribution is 2.35. The zero-order chi connectivity index (χ0) is 19.2. The Balaban J connectivity index is 2.07. The first kappa shape index (κ1) is 19.9. The first-order valence-electron chi connectivity index (χ1n) is 9.00. The van der Waals surface area contributed by atoms with Gasteiger partial charge in [0, 0.05) is 0 Å². The summed E-state index contributed by atoms with van der Waals surface area (Å²) in [6.07, 6.45) is 3.72. The van der Waals surface area contributed by atoms with Crippen molar-refractivity contribution in [2.75, 3.05) is 6.61 Å². The van der Waals surface area contributed by atoms with Crippen molar-refractivity contribution in [3.8, 4) is 0 Å². The molecule has 3 nitrogen and oxygen atoms in total. The summed E-state index contributed by atoms with van der Waals surface area (Å²) < 4.78 is 5.43. The predicted octanol–water partition coefficient (Wildman–Crippen LogP) is 4.73. The van der Waals surface area contributed by atoms with E-state index in [1.165, 1.54) is 0 Å². The SMILES string of the molecule is Cc1ccc(C(C)(O)C(C(=O)OCC=Cc2ccccc2)C(C)C)cc1. The molecule has 2 aromatic carbocycles. The molecule has 2 aromatic rings. The fraction of sp³-hybridized carbons (Fsp3) is 0.348. The maximum atomic E-state index is 12.7. The second-order valence-electron chi connectivity index (χ2n) is 7.18. The summed E-state index contributed by atoms with van der Waals surface area (Å²) in [5, 5.41) is 11.1. The molecule has 3 heteroatoms. The van der Waals surface area contributed by atoms with Gasteiger partial charge in [0.05, 0.1) is 5.92 Å². The van der Waals surface area contributed by atoms with E-state index in [0.29, 0.717) is 0 Å². The van der Waals surface area contributed by atoms with Gasteiger partial charge in [0.15, 0.2) is 0 Å². The lowest BCUT2D eigenvalue weighted by Gasteiger charge is -2.34. The Morgan fingerprint density at radius 1 is 1.12 bits per heavy atom. The molecule has 0 bridgehead atoms. The second-order valence-corrected chi connectivity index (χ2v) is 7.18. The van der Waals surface area contributed by atoms with Crippen LogP contribution in [0.4, 0.5) is 0 Å². The fourth-order valence-corrected chi connectivity index (χ4v) is 3.19. The molecule has 0 aromatic heterocycles. The van der Waals surface area contributed by atoms with Crippen LogP contribution in [0.3, 0.4) is 0 Å². The van der Waals surface area contributed by atoms with Gasteiger partial charge in [-0.2, -0.15) is 0 Å². The standard InChI is InChI=1S/C23H28O3/c1-17(2)21(23(4,25)20-14-12-18(3)13-15-20)22(24)26-16-8-11-19-9-6-5-7-10-19/h5-15,17,21,25H,16H2,1-4H3. The summed E-state index contributed by atoms with van der Waals surface area (Å²) in [6.45, 7) is 7.71. The van der Waals surface area contributed by atoms with Gasteiger partial charge in [-0.05, 0) is 37.0 Å². The van der Waals surface area contributed by atoms with Crippen LogP contribution in [0.5, 0.6) is 0 Å². The molecule has 0 saturated heterocycles. The number of aliphatic hydroxyl groups is 1. The molecule has 1 N–H and O–H groups in total. The van der Waals surface area contributed by atoms with Crippen molar-refractivity contribution in [3.05, 3.63) is 77.4 Å². The van der Waals surface area contributed by atoms with Gasteiger partial charge in [-0.1, -0.05) is 80.1 Å². The van der Waals surface area contributed by atoms with Crippen LogP contribution in [0, 0.1) is 18.8 Å². The van der Waals surface area contributed by atoms with E-state index in [1.54, 1.807) is 6.92 Å². The Hall–Kier alpha value is -2.39. The molecule has 0 fully saturated rings. The Morgan fingerprint density at radius 3 is 2.31 bits per heavy atom. The lowest BCUT2D eigenvalue weighted by Crippen LogP contribution is -2.41. The topological polar surface area (TPSA) is 46.5 Å². The molecule has 138 valence electrons. The normalized spacial score (nSPS) is 15.0. The number of aryl methyl sites for hydroxylation is 1. The molecule has 0 amide bonds. The van der Waals surface area contributed by atoms with Gasteiger partial charge in [-0.25, -0.2) is 0 Å². The summed E-state index contributed by atoms with van der Waals surface area (Å²) in [6, 6.07) is 17.5. The highest BCUT2D eigenvalue weighted by Gasteiger charge is 2.41. The number of carbonyl (C=O) groups excluding carboxylic acids is 1. The minimum Gasteiger partial charge on any atom is -0.461 e. The lowest BCUT2D eigenvalue weighted by molar-refractivity contribution is -0.160. The third kappa shape index (κ3) is 5.06. The van der Waals surface area contributed by atoms with Crippen LogP contribution < -0.4 is 0 Å². The van der Waals surface area contributed by atoms with Crippen LogP contribution in [0.1, 0.15) is 37.5 Å². The van der Waals surface area contributed by atoms with Crippen LogP contribution in [-0.2, 0) is 15.1 Å². The van der Waals surface area contributed by atoms with Crippen LogP contribution in [0.25, 0.3) is 6.08 Å². The van der Waals surface area contributed by atoms with Crippen molar-refractivity contribution >= 4 is 12.0 Å². The highest BCUT2D eigenvalue weighted by atomic mass is 16.5. The molecule has 2 atom stereocenters. The van der Waals surface area contributed by atoms with Crippen LogP contribution in [-0.4, -0.2) is 17.7 Å². The maximum absolute atomic E-state index is 12.7. The quantitative estimate of drug-likeness (QED) is 0.733. The Morgan fingerprint density at radius 2 is 1.73 bits per heavy atom. The average Bonchev–Trinajstić information content (AvgIpc) is 2.59. The van der Waals surface area contributed by atoms with E-state index >= 15 is 0 Å². The van der Waals surface area contributed by atoms with Gasteiger partial charge in [0.2, 0.25) is 0 Å². The number of hydrogen-bond acceptors (Lipinski definition) is 3. The molecule has 0 aliphatic rings. The zero-order valence-electron chi connectivity index (χ0n) is 16.0. The van der Waals surface area contributed by atoms with Gasteiger partial charge in [0.25, 0.3) is 0 Å². The maximum Gasteiger partial charge on any atom is 0.312 e. The minimum absolute atomic E-state index is 0.0584.